The zero-order valence-electron chi connectivity index (χ0n) is 15.6. The van der Waals surface area contributed by atoms with E-state index in [9.17, 15) is 20.4 Å². The SMILES string of the molecule is COc1cc2c(cc1OC)-c1c(cnn1[C@H]1O[C@H](CO)[C@@H](O)[C@H](O)[C@H]1O)CC2. The van der Waals surface area contributed by atoms with Crippen molar-refractivity contribution >= 4 is 0 Å². The van der Waals surface area contributed by atoms with Crippen molar-refractivity contribution in [2.75, 3.05) is 20.8 Å². The van der Waals surface area contributed by atoms with Crippen LogP contribution in [0.5, 0.6) is 11.5 Å². The Balaban J connectivity index is 1.81. The number of hydrogen-bond acceptors (Lipinski definition) is 8. The molecule has 2 heterocycles. The van der Waals surface area contributed by atoms with E-state index in [1.165, 1.54) is 4.68 Å². The van der Waals surface area contributed by atoms with Crippen LogP contribution < -0.4 is 9.47 Å². The second-order valence-corrected chi connectivity index (χ2v) is 7.05. The van der Waals surface area contributed by atoms with E-state index in [0.717, 1.165) is 35.2 Å². The Hall–Kier alpha value is -2.17. The van der Waals surface area contributed by atoms with Gasteiger partial charge in [0.15, 0.2) is 17.7 Å². The number of methoxy groups -OCH3 is 2. The summed E-state index contributed by atoms with van der Waals surface area (Å²) < 4.78 is 18.0. The maximum absolute atomic E-state index is 10.5. The predicted octanol–water partition coefficient (Wildman–Crippen LogP) is -0.362. The molecule has 4 N–H and O–H groups in total. The zero-order chi connectivity index (χ0) is 20.0. The molecule has 0 amide bonds. The number of ether oxygens (including phenoxy) is 3. The quantitative estimate of drug-likeness (QED) is 0.556. The Bertz CT molecular complexity index is 866. The van der Waals surface area contributed by atoms with E-state index < -0.39 is 37.3 Å². The van der Waals surface area contributed by atoms with E-state index in [2.05, 4.69) is 5.10 Å². The van der Waals surface area contributed by atoms with Gasteiger partial charge < -0.3 is 34.6 Å². The molecular formula is C19H24N2O7. The van der Waals surface area contributed by atoms with Gasteiger partial charge in [0.25, 0.3) is 0 Å². The highest BCUT2D eigenvalue weighted by Gasteiger charge is 2.45. The van der Waals surface area contributed by atoms with E-state index in [1.54, 1.807) is 20.4 Å². The van der Waals surface area contributed by atoms with Crippen LogP contribution >= 0.6 is 0 Å². The number of aryl methyl sites for hydroxylation is 2. The largest absolute Gasteiger partial charge is 0.493 e. The molecule has 1 aliphatic carbocycles. The molecular weight excluding hydrogens is 368 g/mol. The highest BCUT2D eigenvalue weighted by Crippen LogP contribution is 2.42. The summed E-state index contributed by atoms with van der Waals surface area (Å²) in [5, 5.41) is 44.5. The Morgan fingerprint density at radius 2 is 1.71 bits per heavy atom. The number of aromatic nitrogens is 2. The summed E-state index contributed by atoms with van der Waals surface area (Å²) in [7, 11) is 3.14. The first-order valence-electron chi connectivity index (χ1n) is 9.12. The molecule has 0 radical (unpaired) electrons. The average molecular weight is 392 g/mol. The molecule has 1 saturated heterocycles. The molecule has 4 rings (SSSR count). The van der Waals surface area contributed by atoms with Crippen LogP contribution in [-0.4, -0.2) is 75.4 Å². The predicted molar refractivity (Wildman–Crippen MR) is 97.2 cm³/mol. The second kappa shape index (κ2) is 7.34. The molecule has 0 saturated carbocycles. The van der Waals surface area contributed by atoms with Gasteiger partial charge in [0.05, 0.1) is 32.7 Å². The number of fused-ring (bicyclic) bond motifs is 3. The Morgan fingerprint density at radius 1 is 1.04 bits per heavy atom. The van der Waals surface area contributed by atoms with Crippen molar-refractivity contribution in [3.05, 3.63) is 29.5 Å². The molecule has 1 fully saturated rings. The summed E-state index contributed by atoms with van der Waals surface area (Å²) in [6.45, 7) is -0.494. The lowest BCUT2D eigenvalue weighted by Gasteiger charge is -2.40. The smallest absolute Gasteiger partial charge is 0.179 e. The first kappa shape index (κ1) is 19.2. The average Bonchev–Trinajstić information content (AvgIpc) is 3.15. The molecule has 9 heteroatoms. The van der Waals surface area contributed by atoms with Gasteiger partial charge in [-0.3, -0.25) is 0 Å². The third kappa shape index (κ3) is 2.87. The lowest BCUT2D eigenvalue weighted by atomic mass is 9.89. The molecule has 1 aliphatic heterocycles. The van der Waals surface area contributed by atoms with E-state index in [-0.39, 0.29) is 0 Å². The van der Waals surface area contributed by atoms with Crippen molar-refractivity contribution in [3.8, 4) is 22.8 Å². The summed E-state index contributed by atoms with van der Waals surface area (Å²) in [5.74, 6) is 1.19. The van der Waals surface area contributed by atoms with E-state index in [0.29, 0.717) is 11.5 Å². The molecule has 0 unspecified atom stereocenters. The minimum atomic E-state index is -1.47. The van der Waals surface area contributed by atoms with Gasteiger partial charge >= 0.3 is 0 Å². The van der Waals surface area contributed by atoms with Crippen molar-refractivity contribution < 1.29 is 34.6 Å². The lowest BCUT2D eigenvalue weighted by Crippen LogP contribution is -2.56. The van der Waals surface area contributed by atoms with E-state index >= 15 is 0 Å². The highest BCUT2D eigenvalue weighted by molar-refractivity contribution is 5.73. The normalized spacial score (nSPS) is 29.1. The number of benzene rings is 1. The van der Waals surface area contributed by atoms with Crippen molar-refractivity contribution in [2.45, 2.75) is 43.5 Å². The van der Waals surface area contributed by atoms with E-state index in [4.69, 9.17) is 14.2 Å². The van der Waals surface area contributed by atoms with Crippen LogP contribution in [0.25, 0.3) is 11.3 Å². The third-order valence-electron chi connectivity index (χ3n) is 5.51. The molecule has 9 nitrogen and oxygen atoms in total. The fourth-order valence-corrected chi connectivity index (χ4v) is 3.97. The number of aliphatic hydroxyl groups is 4. The third-order valence-corrected chi connectivity index (χ3v) is 5.51. The molecule has 2 aromatic rings. The molecule has 1 aromatic heterocycles. The van der Waals surface area contributed by atoms with Gasteiger partial charge in [-0.1, -0.05) is 0 Å². The highest BCUT2D eigenvalue weighted by atomic mass is 16.6. The minimum Gasteiger partial charge on any atom is -0.493 e. The van der Waals surface area contributed by atoms with Crippen LogP contribution in [0.1, 0.15) is 17.4 Å². The van der Waals surface area contributed by atoms with Crippen LogP contribution in [0, 0.1) is 0 Å². The molecule has 152 valence electrons. The summed E-state index contributed by atoms with van der Waals surface area (Å²) >= 11 is 0. The molecule has 28 heavy (non-hydrogen) atoms. The van der Waals surface area contributed by atoms with Crippen LogP contribution in [0.15, 0.2) is 18.3 Å². The molecule has 1 aromatic carbocycles. The first-order valence-corrected chi connectivity index (χ1v) is 9.12. The number of nitrogens with zero attached hydrogens (tertiary/aromatic N) is 2. The van der Waals surface area contributed by atoms with Crippen molar-refractivity contribution in [2.24, 2.45) is 0 Å². The maximum atomic E-state index is 10.5. The Labute approximate surface area is 161 Å². The van der Waals surface area contributed by atoms with Gasteiger partial charge in [-0.05, 0) is 36.1 Å². The van der Waals surface area contributed by atoms with Crippen molar-refractivity contribution in [1.29, 1.82) is 0 Å². The monoisotopic (exact) mass is 392 g/mol. The Morgan fingerprint density at radius 3 is 2.39 bits per heavy atom. The summed E-state index contributed by atoms with van der Waals surface area (Å²) in [4.78, 5) is 0. The summed E-state index contributed by atoms with van der Waals surface area (Å²) in [6, 6.07) is 3.77. The first-order chi connectivity index (χ1) is 13.5. The van der Waals surface area contributed by atoms with Crippen molar-refractivity contribution in [3.63, 3.8) is 0 Å². The zero-order valence-corrected chi connectivity index (χ0v) is 15.6. The molecule has 0 spiro atoms. The van der Waals surface area contributed by atoms with Gasteiger partial charge in [0.2, 0.25) is 0 Å². The minimum absolute atomic E-state index is 0.494. The van der Waals surface area contributed by atoms with Crippen LogP contribution in [0.2, 0.25) is 0 Å². The number of aliphatic hydroxyl groups excluding tert-OH is 4. The number of rotatable bonds is 4. The molecule has 0 bridgehead atoms. The standard InChI is InChI=1S/C19H24N2O7/c1-26-12-5-9-3-4-10-7-20-21(15(10)11(9)6-13(12)27-2)19-18(25)17(24)16(23)14(8-22)28-19/h5-7,14,16-19,22-25H,3-4,8H2,1-2H3/t14-,16-,17+,18-,19+/m1/s1. The fourth-order valence-electron chi connectivity index (χ4n) is 3.97. The molecule has 2 aliphatic rings. The van der Waals surface area contributed by atoms with Gasteiger partial charge in [-0.25, -0.2) is 4.68 Å². The summed E-state index contributed by atoms with van der Waals surface area (Å²) in [6.07, 6.45) is -3.11. The van der Waals surface area contributed by atoms with Gasteiger partial charge in [-0.2, -0.15) is 5.10 Å². The second-order valence-electron chi connectivity index (χ2n) is 7.05. The maximum Gasteiger partial charge on any atom is 0.179 e. The van der Waals surface area contributed by atoms with Gasteiger partial charge in [0.1, 0.15) is 24.4 Å². The van der Waals surface area contributed by atoms with Crippen molar-refractivity contribution in [1.82, 2.24) is 9.78 Å². The van der Waals surface area contributed by atoms with Crippen LogP contribution in [-0.2, 0) is 17.6 Å². The topological polar surface area (TPSA) is 126 Å². The van der Waals surface area contributed by atoms with Crippen LogP contribution in [0.3, 0.4) is 0 Å². The van der Waals surface area contributed by atoms with E-state index in [1.807, 2.05) is 12.1 Å². The van der Waals surface area contributed by atoms with Gasteiger partial charge in [-0.15, -0.1) is 0 Å². The fraction of sp³-hybridized carbons (Fsp3) is 0.526. The van der Waals surface area contributed by atoms with Crippen LogP contribution in [0.4, 0.5) is 0 Å². The Kier molecular flexibility index (Phi) is 5.02. The number of hydrogen-bond donors (Lipinski definition) is 4. The lowest BCUT2D eigenvalue weighted by molar-refractivity contribution is -0.253. The summed E-state index contributed by atoms with van der Waals surface area (Å²) in [5.41, 5.74) is 3.62. The van der Waals surface area contributed by atoms with Gasteiger partial charge in [0, 0.05) is 5.56 Å². The molecule has 5 atom stereocenters.